The molecule has 5 nitrogen and oxygen atoms in total. The van der Waals surface area contributed by atoms with Gasteiger partial charge in [0.25, 0.3) is 5.91 Å². The standard InChI is InChI=1S/C16H19FN2O3/c1-15(13(18)20)10-19(8-9-22-15)14(21)16(6-7-16)11-4-2-3-5-12(11)17/h2-5H,6-10H2,1H3,(H2,18,20)/t15-/m1/s1. The molecule has 2 aliphatic rings. The highest BCUT2D eigenvalue weighted by Crippen LogP contribution is 2.50. The maximum Gasteiger partial charge on any atom is 0.251 e. The summed E-state index contributed by atoms with van der Waals surface area (Å²) in [5.74, 6) is -1.10. The average Bonchev–Trinajstić information content (AvgIpc) is 3.28. The van der Waals surface area contributed by atoms with Gasteiger partial charge < -0.3 is 15.4 Å². The third kappa shape index (κ3) is 2.27. The third-order valence-electron chi connectivity index (χ3n) is 4.63. The van der Waals surface area contributed by atoms with Crippen LogP contribution in [0.25, 0.3) is 0 Å². The Kier molecular flexibility index (Phi) is 3.44. The van der Waals surface area contributed by atoms with Crippen LogP contribution >= 0.6 is 0 Å². The molecule has 1 aliphatic heterocycles. The molecular formula is C16H19FN2O3. The van der Waals surface area contributed by atoms with Crippen molar-refractivity contribution in [2.45, 2.75) is 30.8 Å². The van der Waals surface area contributed by atoms with Crippen molar-refractivity contribution in [3.63, 3.8) is 0 Å². The number of ether oxygens (including phenoxy) is 1. The largest absolute Gasteiger partial charge is 0.367 e. The first-order valence-electron chi connectivity index (χ1n) is 7.37. The van der Waals surface area contributed by atoms with E-state index in [4.69, 9.17) is 10.5 Å². The molecular weight excluding hydrogens is 287 g/mol. The maximum atomic E-state index is 14.1. The molecule has 3 rings (SSSR count). The van der Waals surface area contributed by atoms with Crippen LogP contribution in [-0.2, 0) is 19.7 Å². The molecule has 1 aromatic carbocycles. The van der Waals surface area contributed by atoms with Gasteiger partial charge in [0.15, 0.2) is 5.60 Å². The summed E-state index contributed by atoms with van der Waals surface area (Å²) >= 11 is 0. The van der Waals surface area contributed by atoms with E-state index in [0.717, 1.165) is 0 Å². The molecule has 118 valence electrons. The highest BCUT2D eigenvalue weighted by molar-refractivity contribution is 5.92. The zero-order chi connectivity index (χ0) is 16.0. The van der Waals surface area contributed by atoms with Crippen LogP contribution in [0.2, 0.25) is 0 Å². The van der Waals surface area contributed by atoms with Crippen molar-refractivity contribution >= 4 is 11.8 Å². The maximum absolute atomic E-state index is 14.1. The SMILES string of the molecule is C[C@]1(C(N)=O)CN(C(=O)C2(c3ccccc3F)CC2)CCO1. The number of hydrogen-bond acceptors (Lipinski definition) is 3. The Morgan fingerprint density at radius 2 is 2.00 bits per heavy atom. The second-order valence-electron chi connectivity index (χ2n) is 6.23. The summed E-state index contributed by atoms with van der Waals surface area (Å²) < 4.78 is 19.5. The van der Waals surface area contributed by atoms with Crippen LogP contribution in [0.1, 0.15) is 25.3 Å². The zero-order valence-electron chi connectivity index (χ0n) is 12.5. The van der Waals surface area contributed by atoms with Crippen molar-refractivity contribution in [3.05, 3.63) is 35.6 Å². The molecule has 1 saturated heterocycles. The first-order valence-corrected chi connectivity index (χ1v) is 7.37. The lowest BCUT2D eigenvalue weighted by atomic mass is 9.92. The van der Waals surface area contributed by atoms with Gasteiger partial charge in [-0.2, -0.15) is 0 Å². The minimum Gasteiger partial charge on any atom is -0.367 e. The molecule has 1 atom stereocenters. The third-order valence-corrected chi connectivity index (χ3v) is 4.63. The van der Waals surface area contributed by atoms with Crippen molar-refractivity contribution in [1.29, 1.82) is 0 Å². The molecule has 1 heterocycles. The van der Waals surface area contributed by atoms with Crippen molar-refractivity contribution in [2.24, 2.45) is 5.73 Å². The molecule has 0 aromatic heterocycles. The van der Waals surface area contributed by atoms with Crippen LogP contribution in [0, 0.1) is 5.82 Å². The molecule has 1 saturated carbocycles. The Morgan fingerprint density at radius 1 is 1.32 bits per heavy atom. The van der Waals surface area contributed by atoms with Gasteiger partial charge in [-0.15, -0.1) is 0 Å². The van der Waals surface area contributed by atoms with Gasteiger partial charge in [0.05, 0.1) is 18.6 Å². The predicted octanol–water partition coefficient (Wildman–Crippen LogP) is 0.960. The average molecular weight is 306 g/mol. The lowest BCUT2D eigenvalue weighted by molar-refractivity contribution is -0.161. The minimum atomic E-state index is -1.18. The van der Waals surface area contributed by atoms with Crippen LogP contribution in [0.15, 0.2) is 24.3 Å². The highest BCUT2D eigenvalue weighted by Gasteiger charge is 2.55. The number of nitrogens with zero attached hydrogens (tertiary/aromatic N) is 1. The second-order valence-corrected chi connectivity index (χ2v) is 6.23. The molecule has 0 spiro atoms. The van der Waals surface area contributed by atoms with Gasteiger partial charge in [0.1, 0.15) is 5.82 Å². The van der Waals surface area contributed by atoms with Crippen molar-refractivity contribution in [2.75, 3.05) is 19.7 Å². The van der Waals surface area contributed by atoms with E-state index in [-0.39, 0.29) is 24.9 Å². The van der Waals surface area contributed by atoms with E-state index in [1.807, 2.05) is 0 Å². The van der Waals surface area contributed by atoms with Crippen molar-refractivity contribution in [1.82, 2.24) is 4.90 Å². The van der Waals surface area contributed by atoms with Gasteiger partial charge in [-0.25, -0.2) is 4.39 Å². The Morgan fingerprint density at radius 3 is 2.59 bits per heavy atom. The van der Waals surface area contributed by atoms with E-state index in [9.17, 15) is 14.0 Å². The number of carbonyl (C=O) groups is 2. The first kappa shape index (κ1) is 15.0. The van der Waals surface area contributed by atoms with Crippen LogP contribution in [0.3, 0.4) is 0 Å². The van der Waals surface area contributed by atoms with Crippen molar-refractivity contribution in [3.8, 4) is 0 Å². The number of amides is 2. The summed E-state index contributed by atoms with van der Waals surface area (Å²) in [6, 6.07) is 6.38. The summed E-state index contributed by atoms with van der Waals surface area (Å²) in [6.45, 7) is 2.32. The second kappa shape index (κ2) is 5.05. The molecule has 2 amide bonds. The van der Waals surface area contributed by atoms with Gasteiger partial charge >= 0.3 is 0 Å². The number of rotatable bonds is 3. The molecule has 1 aliphatic carbocycles. The van der Waals surface area contributed by atoms with E-state index in [1.54, 1.807) is 30.0 Å². The molecule has 0 radical (unpaired) electrons. The number of primary amides is 1. The van der Waals surface area contributed by atoms with Crippen LogP contribution in [-0.4, -0.2) is 42.0 Å². The fraction of sp³-hybridized carbons (Fsp3) is 0.500. The fourth-order valence-electron chi connectivity index (χ4n) is 3.07. The summed E-state index contributed by atoms with van der Waals surface area (Å²) in [5.41, 5.74) is 3.83. The van der Waals surface area contributed by atoms with Gasteiger partial charge in [-0.1, -0.05) is 18.2 Å². The van der Waals surface area contributed by atoms with Crippen molar-refractivity contribution < 1.29 is 18.7 Å². The lowest BCUT2D eigenvalue weighted by Crippen LogP contribution is -2.59. The Hall–Kier alpha value is -1.95. The quantitative estimate of drug-likeness (QED) is 0.904. The van der Waals surface area contributed by atoms with E-state index >= 15 is 0 Å². The van der Waals surface area contributed by atoms with Gasteiger partial charge in [-0.05, 0) is 25.8 Å². The Balaban J connectivity index is 1.85. The summed E-state index contributed by atoms with van der Waals surface area (Å²) in [5, 5.41) is 0. The number of benzene rings is 1. The van der Waals surface area contributed by atoms with Crippen LogP contribution in [0.5, 0.6) is 0 Å². The van der Waals surface area contributed by atoms with Gasteiger partial charge in [0, 0.05) is 12.1 Å². The van der Waals surface area contributed by atoms with Gasteiger partial charge in [-0.3, -0.25) is 9.59 Å². The molecule has 0 bridgehead atoms. The molecule has 0 unspecified atom stereocenters. The van der Waals surface area contributed by atoms with Crippen LogP contribution < -0.4 is 5.73 Å². The number of halogens is 1. The molecule has 2 N–H and O–H groups in total. The summed E-state index contributed by atoms with van der Waals surface area (Å²) in [7, 11) is 0. The number of hydrogen-bond donors (Lipinski definition) is 1. The smallest absolute Gasteiger partial charge is 0.251 e. The predicted molar refractivity (Wildman–Crippen MR) is 77.4 cm³/mol. The van der Waals surface area contributed by atoms with E-state index in [2.05, 4.69) is 0 Å². The van der Waals surface area contributed by atoms with Crippen LogP contribution in [0.4, 0.5) is 4.39 Å². The Labute approximate surface area is 128 Å². The molecule has 22 heavy (non-hydrogen) atoms. The number of nitrogens with two attached hydrogens (primary N) is 1. The minimum absolute atomic E-state index is 0.109. The van der Waals surface area contributed by atoms with Gasteiger partial charge in [0.2, 0.25) is 5.91 Å². The summed E-state index contributed by atoms with van der Waals surface area (Å²) in [4.78, 5) is 26.0. The first-order chi connectivity index (χ1) is 10.4. The molecule has 6 heteroatoms. The lowest BCUT2D eigenvalue weighted by Gasteiger charge is -2.39. The highest BCUT2D eigenvalue weighted by atomic mass is 19.1. The molecule has 1 aromatic rings. The zero-order valence-corrected chi connectivity index (χ0v) is 12.5. The Bertz CT molecular complexity index is 630. The number of morpholine rings is 1. The van der Waals surface area contributed by atoms with E-state index in [0.29, 0.717) is 24.9 Å². The number of carbonyl (C=O) groups excluding carboxylic acids is 2. The fourth-order valence-corrected chi connectivity index (χ4v) is 3.07. The van der Waals surface area contributed by atoms with E-state index in [1.165, 1.54) is 6.07 Å². The van der Waals surface area contributed by atoms with E-state index < -0.39 is 16.9 Å². The summed E-state index contributed by atoms with van der Waals surface area (Å²) in [6.07, 6.45) is 1.24. The molecule has 2 fully saturated rings. The topological polar surface area (TPSA) is 72.6 Å². The normalized spacial score (nSPS) is 26.5. The monoisotopic (exact) mass is 306 g/mol.